The minimum absolute atomic E-state index is 0.117. The first kappa shape index (κ1) is 23.5. The Balaban J connectivity index is 1.58. The van der Waals surface area contributed by atoms with E-state index in [9.17, 15) is 8.42 Å². The number of benzene rings is 2. The molecular weight excluding hydrogens is 452 g/mol. The van der Waals surface area contributed by atoms with Crippen LogP contribution in [-0.2, 0) is 10.0 Å². The Labute approximate surface area is 199 Å². The van der Waals surface area contributed by atoms with E-state index in [2.05, 4.69) is 46.2 Å². The highest BCUT2D eigenvalue weighted by Gasteiger charge is 2.21. The summed E-state index contributed by atoms with van der Waals surface area (Å²) >= 11 is 0. The minimum Gasteiger partial charge on any atom is -0.497 e. The Hall–Kier alpha value is -3.63. The molecule has 34 heavy (non-hydrogen) atoms. The Morgan fingerprint density at radius 3 is 2.50 bits per heavy atom. The predicted octanol–water partition coefficient (Wildman–Crippen LogP) is 3.42. The number of nitrogens with zero attached hydrogens (tertiary/aromatic N) is 5. The van der Waals surface area contributed by atoms with Crippen LogP contribution in [0, 0.1) is 0 Å². The summed E-state index contributed by atoms with van der Waals surface area (Å²) in [6.45, 7) is 1.88. The zero-order valence-corrected chi connectivity index (χ0v) is 20.5. The molecule has 0 aliphatic heterocycles. The summed E-state index contributed by atoms with van der Waals surface area (Å²) < 4.78 is 32.9. The number of fused-ring (bicyclic) bond motifs is 1. The summed E-state index contributed by atoms with van der Waals surface area (Å²) in [7, 11) is 3.79. The highest BCUT2D eigenvalue weighted by molar-refractivity contribution is 7.90. The molecule has 0 unspecified atom stereocenters. The van der Waals surface area contributed by atoms with Crippen LogP contribution in [0.2, 0.25) is 0 Å². The molecule has 0 fully saturated rings. The van der Waals surface area contributed by atoms with Gasteiger partial charge in [-0.1, -0.05) is 6.07 Å². The fourth-order valence-electron chi connectivity index (χ4n) is 3.43. The van der Waals surface area contributed by atoms with Gasteiger partial charge in [0.2, 0.25) is 5.95 Å². The minimum atomic E-state index is -3.86. The summed E-state index contributed by atoms with van der Waals surface area (Å²) in [5.74, 6) is 0.771. The standard InChI is InChI=1S/C24H28N6O3S/c1-28(2)14-15-29(3)20-10-8-19(9-11-20)26-24-25-17-18-12-13-30(23(18)27-24)34(31,32)22-7-5-6-21(16-22)33-4/h5-13,16-17H,14-15H2,1-4H3,(H,25,26,27). The lowest BCUT2D eigenvalue weighted by Crippen LogP contribution is -2.28. The van der Waals surface area contributed by atoms with E-state index in [0.29, 0.717) is 22.7 Å². The number of aromatic nitrogens is 3. The fraction of sp³-hybridized carbons (Fsp3) is 0.250. The molecule has 1 N–H and O–H groups in total. The molecule has 0 atom stereocenters. The summed E-state index contributed by atoms with van der Waals surface area (Å²) in [5, 5.41) is 3.78. The highest BCUT2D eigenvalue weighted by atomic mass is 32.2. The van der Waals surface area contributed by atoms with Crippen molar-refractivity contribution >= 4 is 38.4 Å². The molecule has 0 spiro atoms. The third-order valence-electron chi connectivity index (χ3n) is 5.44. The number of methoxy groups -OCH3 is 1. The molecule has 2 heterocycles. The maximum Gasteiger partial charge on any atom is 0.269 e. The number of ether oxygens (including phenoxy) is 1. The molecule has 0 aliphatic rings. The van der Waals surface area contributed by atoms with Gasteiger partial charge in [-0.2, -0.15) is 4.98 Å². The maximum absolute atomic E-state index is 13.3. The Morgan fingerprint density at radius 1 is 1.03 bits per heavy atom. The second-order valence-corrected chi connectivity index (χ2v) is 9.98. The van der Waals surface area contributed by atoms with Crippen molar-refractivity contribution in [3.05, 3.63) is 67.0 Å². The number of hydrogen-bond donors (Lipinski definition) is 1. The van der Waals surface area contributed by atoms with Crippen molar-refractivity contribution in [2.24, 2.45) is 0 Å². The van der Waals surface area contributed by atoms with Crippen molar-refractivity contribution in [3.8, 4) is 5.75 Å². The van der Waals surface area contributed by atoms with Gasteiger partial charge in [0.05, 0.1) is 12.0 Å². The molecule has 4 aromatic rings. The lowest BCUT2D eigenvalue weighted by molar-refractivity contribution is 0.413. The van der Waals surface area contributed by atoms with Crippen LogP contribution in [-0.4, -0.2) is 68.6 Å². The molecule has 10 heteroatoms. The van der Waals surface area contributed by atoms with Gasteiger partial charge in [0.1, 0.15) is 5.75 Å². The van der Waals surface area contributed by atoms with Gasteiger partial charge in [-0.05, 0) is 56.6 Å². The van der Waals surface area contributed by atoms with Crippen molar-refractivity contribution in [1.82, 2.24) is 18.8 Å². The van der Waals surface area contributed by atoms with Crippen LogP contribution in [0.3, 0.4) is 0 Å². The van der Waals surface area contributed by atoms with Crippen LogP contribution in [0.25, 0.3) is 11.0 Å². The second kappa shape index (κ2) is 9.70. The number of anilines is 3. The fourth-order valence-corrected chi connectivity index (χ4v) is 4.77. The van der Waals surface area contributed by atoms with Crippen molar-refractivity contribution in [1.29, 1.82) is 0 Å². The monoisotopic (exact) mass is 480 g/mol. The molecule has 0 amide bonds. The van der Waals surface area contributed by atoms with E-state index < -0.39 is 10.0 Å². The van der Waals surface area contributed by atoms with Gasteiger partial charge in [0.15, 0.2) is 5.65 Å². The van der Waals surface area contributed by atoms with Gasteiger partial charge >= 0.3 is 0 Å². The van der Waals surface area contributed by atoms with Crippen LogP contribution in [0.5, 0.6) is 5.75 Å². The summed E-state index contributed by atoms with van der Waals surface area (Å²) in [4.78, 5) is 13.3. The predicted molar refractivity (Wildman–Crippen MR) is 135 cm³/mol. The van der Waals surface area contributed by atoms with Crippen molar-refractivity contribution in [3.63, 3.8) is 0 Å². The van der Waals surface area contributed by atoms with Crippen molar-refractivity contribution in [2.45, 2.75) is 4.90 Å². The summed E-state index contributed by atoms with van der Waals surface area (Å²) in [6, 6.07) is 16.0. The number of nitrogens with one attached hydrogen (secondary N) is 1. The molecule has 2 aromatic heterocycles. The van der Waals surface area contributed by atoms with E-state index in [0.717, 1.165) is 28.4 Å². The van der Waals surface area contributed by atoms with E-state index >= 15 is 0 Å². The first-order chi connectivity index (χ1) is 16.3. The first-order valence-electron chi connectivity index (χ1n) is 10.7. The molecule has 0 saturated heterocycles. The Morgan fingerprint density at radius 2 is 1.79 bits per heavy atom. The number of rotatable bonds is 9. The molecule has 0 saturated carbocycles. The van der Waals surface area contributed by atoms with E-state index in [1.807, 2.05) is 24.3 Å². The summed E-state index contributed by atoms with van der Waals surface area (Å²) in [6.07, 6.45) is 3.09. The number of likely N-dealkylation sites (N-methyl/N-ethyl adjacent to an activating group) is 2. The maximum atomic E-state index is 13.3. The molecule has 0 bridgehead atoms. The quantitative estimate of drug-likeness (QED) is 0.390. The average molecular weight is 481 g/mol. The molecule has 4 rings (SSSR count). The smallest absolute Gasteiger partial charge is 0.269 e. The van der Waals surface area contributed by atoms with Gasteiger partial charge in [0, 0.05) is 55.4 Å². The Kier molecular flexibility index (Phi) is 6.71. The molecule has 178 valence electrons. The first-order valence-corrected chi connectivity index (χ1v) is 12.2. The van der Waals surface area contributed by atoms with Gasteiger partial charge in [-0.25, -0.2) is 17.4 Å². The molecule has 0 radical (unpaired) electrons. The number of hydrogen-bond acceptors (Lipinski definition) is 8. The van der Waals surface area contributed by atoms with Crippen LogP contribution in [0.15, 0.2) is 71.9 Å². The SMILES string of the molecule is COc1cccc(S(=O)(=O)n2ccc3cnc(Nc4ccc(N(C)CCN(C)C)cc4)nc32)c1. The van der Waals surface area contributed by atoms with E-state index in [1.54, 1.807) is 24.4 Å². The van der Waals surface area contributed by atoms with E-state index in [4.69, 9.17) is 4.74 Å². The summed E-state index contributed by atoms with van der Waals surface area (Å²) in [5.41, 5.74) is 2.19. The molecule has 2 aromatic carbocycles. The molecule has 0 aliphatic carbocycles. The van der Waals surface area contributed by atoms with Gasteiger partial charge in [-0.3, -0.25) is 0 Å². The third kappa shape index (κ3) is 4.97. The third-order valence-corrected chi connectivity index (χ3v) is 7.10. The highest BCUT2D eigenvalue weighted by Crippen LogP contribution is 2.25. The lowest BCUT2D eigenvalue weighted by Gasteiger charge is -2.21. The zero-order chi connectivity index (χ0) is 24.3. The van der Waals surface area contributed by atoms with E-state index in [-0.39, 0.29) is 4.90 Å². The van der Waals surface area contributed by atoms with Gasteiger partial charge in [-0.15, -0.1) is 0 Å². The normalized spacial score (nSPS) is 11.7. The Bertz CT molecular complexity index is 1380. The van der Waals surface area contributed by atoms with Crippen molar-refractivity contribution < 1.29 is 13.2 Å². The lowest BCUT2D eigenvalue weighted by atomic mass is 10.2. The largest absolute Gasteiger partial charge is 0.497 e. The average Bonchev–Trinajstić information content (AvgIpc) is 3.27. The van der Waals surface area contributed by atoms with Crippen LogP contribution in [0.1, 0.15) is 0 Å². The molecule has 9 nitrogen and oxygen atoms in total. The zero-order valence-electron chi connectivity index (χ0n) is 19.6. The van der Waals surface area contributed by atoms with Crippen LogP contribution in [0.4, 0.5) is 17.3 Å². The molecular formula is C24H28N6O3S. The van der Waals surface area contributed by atoms with Crippen LogP contribution >= 0.6 is 0 Å². The van der Waals surface area contributed by atoms with E-state index in [1.165, 1.54) is 25.4 Å². The second-order valence-electron chi connectivity index (χ2n) is 8.16. The van der Waals surface area contributed by atoms with Crippen molar-refractivity contribution in [2.75, 3.05) is 51.6 Å². The van der Waals surface area contributed by atoms with Gasteiger partial charge < -0.3 is 19.9 Å². The topological polar surface area (TPSA) is 92.6 Å². The van der Waals surface area contributed by atoms with Gasteiger partial charge in [0.25, 0.3) is 10.0 Å². The van der Waals surface area contributed by atoms with Crippen LogP contribution < -0.4 is 15.0 Å².